The first-order chi connectivity index (χ1) is 9.73. The van der Waals surface area contributed by atoms with E-state index in [9.17, 15) is 19.5 Å². The number of hydrogen-bond donors (Lipinski definition) is 1. The highest BCUT2D eigenvalue weighted by Gasteiger charge is 2.44. The van der Waals surface area contributed by atoms with Gasteiger partial charge in [-0.3, -0.25) is 14.5 Å². The van der Waals surface area contributed by atoms with Gasteiger partial charge in [0, 0.05) is 0 Å². The summed E-state index contributed by atoms with van der Waals surface area (Å²) < 4.78 is 0. The maximum atomic E-state index is 12.2. The van der Waals surface area contributed by atoms with Crippen molar-refractivity contribution in [2.75, 3.05) is 6.61 Å². The second-order valence-corrected chi connectivity index (χ2v) is 5.52. The standard InChI is InChI=1S/C11H5Cl4NO5/c12-5-3-4(6(13)8(15)7(5)14)10(19)16(9(3)18)2(1-17)11(20)21/h2,17H,1H2,(H,20,21)/p-1/t2-/m1/s1. The van der Waals surface area contributed by atoms with Gasteiger partial charge in [0.1, 0.15) is 6.04 Å². The van der Waals surface area contributed by atoms with E-state index in [2.05, 4.69) is 0 Å². The van der Waals surface area contributed by atoms with Crippen LogP contribution in [0.3, 0.4) is 0 Å². The van der Waals surface area contributed by atoms with E-state index in [0.29, 0.717) is 4.90 Å². The summed E-state index contributed by atoms with van der Waals surface area (Å²) in [5.41, 5.74) is -0.721. The molecule has 0 radical (unpaired) electrons. The lowest BCUT2D eigenvalue weighted by atomic mass is 10.1. The minimum absolute atomic E-state index is 0.237. The van der Waals surface area contributed by atoms with Crippen molar-refractivity contribution in [3.63, 3.8) is 0 Å². The second-order valence-electron chi connectivity index (χ2n) is 4.00. The molecule has 0 aromatic heterocycles. The summed E-state index contributed by atoms with van der Waals surface area (Å²) in [6.07, 6.45) is 0. The van der Waals surface area contributed by atoms with Crippen LogP contribution < -0.4 is 5.11 Å². The van der Waals surface area contributed by atoms with E-state index in [4.69, 9.17) is 51.5 Å². The molecule has 112 valence electrons. The number of hydrogen-bond acceptors (Lipinski definition) is 5. The number of rotatable bonds is 3. The van der Waals surface area contributed by atoms with Crippen LogP contribution in [0, 0.1) is 0 Å². The highest BCUT2D eigenvalue weighted by molar-refractivity contribution is 6.55. The summed E-state index contributed by atoms with van der Waals surface area (Å²) in [4.78, 5) is 35.6. The number of nitrogens with zero attached hydrogens (tertiary/aromatic N) is 1. The third-order valence-electron chi connectivity index (χ3n) is 2.89. The van der Waals surface area contributed by atoms with Gasteiger partial charge in [-0.15, -0.1) is 0 Å². The van der Waals surface area contributed by atoms with Gasteiger partial charge in [-0.1, -0.05) is 46.4 Å². The number of carbonyl (C=O) groups excluding carboxylic acids is 3. The molecule has 21 heavy (non-hydrogen) atoms. The van der Waals surface area contributed by atoms with Gasteiger partial charge in [-0.05, 0) is 0 Å². The Morgan fingerprint density at radius 2 is 1.38 bits per heavy atom. The molecule has 6 nitrogen and oxygen atoms in total. The molecule has 1 aromatic rings. The van der Waals surface area contributed by atoms with Crippen molar-refractivity contribution in [3.05, 3.63) is 31.2 Å². The summed E-state index contributed by atoms with van der Waals surface area (Å²) in [6, 6.07) is -1.87. The lowest BCUT2D eigenvalue weighted by molar-refractivity contribution is -0.311. The molecule has 0 aliphatic carbocycles. The zero-order chi connectivity index (χ0) is 16.1. The molecule has 0 spiro atoms. The van der Waals surface area contributed by atoms with E-state index in [1.54, 1.807) is 0 Å². The Hall–Kier alpha value is -1.05. The molecule has 1 heterocycles. The maximum Gasteiger partial charge on any atom is 0.263 e. The Kier molecular flexibility index (Phi) is 4.37. The van der Waals surface area contributed by atoms with Gasteiger partial charge in [-0.2, -0.15) is 0 Å². The lowest BCUT2D eigenvalue weighted by Crippen LogP contribution is -2.52. The Labute approximate surface area is 137 Å². The van der Waals surface area contributed by atoms with E-state index in [1.165, 1.54) is 0 Å². The molecule has 0 saturated carbocycles. The number of aliphatic carboxylic acids is 1. The van der Waals surface area contributed by atoms with Crippen molar-refractivity contribution in [1.82, 2.24) is 4.90 Å². The quantitative estimate of drug-likeness (QED) is 0.485. The molecule has 1 atom stereocenters. The van der Waals surface area contributed by atoms with Crippen molar-refractivity contribution in [1.29, 1.82) is 0 Å². The summed E-state index contributed by atoms with van der Waals surface area (Å²) in [5, 5.41) is 18.8. The fraction of sp³-hybridized carbons (Fsp3) is 0.182. The average Bonchev–Trinajstić information content (AvgIpc) is 2.68. The third kappa shape index (κ3) is 2.27. The van der Waals surface area contributed by atoms with Crippen molar-refractivity contribution < 1.29 is 24.6 Å². The predicted molar refractivity (Wildman–Crippen MR) is 72.9 cm³/mol. The first-order valence-corrected chi connectivity index (χ1v) is 6.80. The van der Waals surface area contributed by atoms with E-state index in [-0.39, 0.29) is 31.2 Å². The molecular weight excluding hydrogens is 368 g/mol. The van der Waals surface area contributed by atoms with Crippen molar-refractivity contribution >= 4 is 64.2 Å². The number of carboxylic acids is 1. The highest BCUT2D eigenvalue weighted by Crippen LogP contribution is 2.45. The first-order valence-electron chi connectivity index (χ1n) is 5.29. The van der Waals surface area contributed by atoms with Gasteiger partial charge in [-0.25, -0.2) is 0 Å². The molecule has 0 fully saturated rings. The predicted octanol–water partition coefficient (Wildman–Crippen LogP) is 1.01. The van der Waals surface area contributed by atoms with E-state index in [1.807, 2.05) is 0 Å². The summed E-state index contributed by atoms with van der Waals surface area (Å²) in [7, 11) is 0. The molecule has 2 rings (SSSR count). The number of aliphatic hydroxyl groups is 1. The minimum atomic E-state index is -1.87. The molecule has 0 unspecified atom stereocenters. The molecule has 0 bridgehead atoms. The van der Waals surface area contributed by atoms with Gasteiger partial charge < -0.3 is 15.0 Å². The number of benzene rings is 1. The number of imide groups is 1. The van der Waals surface area contributed by atoms with Crippen LogP contribution in [0.15, 0.2) is 0 Å². The number of carboxylic acid groups (broad SMARTS) is 1. The topological polar surface area (TPSA) is 97.7 Å². The normalized spacial score (nSPS) is 15.4. The lowest BCUT2D eigenvalue weighted by Gasteiger charge is -2.24. The SMILES string of the molecule is O=C([O-])[C@@H](CO)N1C(=O)c2c(Cl)c(Cl)c(Cl)c(Cl)c2C1=O. The summed E-state index contributed by atoms with van der Waals surface area (Å²) in [5.74, 6) is -3.91. The number of amides is 2. The smallest absolute Gasteiger partial charge is 0.263 e. The van der Waals surface area contributed by atoms with Crippen molar-refractivity contribution in [3.8, 4) is 0 Å². The van der Waals surface area contributed by atoms with Gasteiger partial charge in [0.25, 0.3) is 11.8 Å². The van der Waals surface area contributed by atoms with Gasteiger partial charge in [0.05, 0.1) is 43.8 Å². The third-order valence-corrected chi connectivity index (χ3v) is 4.69. The number of halogens is 4. The zero-order valence-electron chi connectivity index (χ0n) is 9.82. The van der Waals surface area contributed by atoms with Crippen LogP contribution in [0.5, 0.6) is 0 Å². The molecule has 1 N–H and O–H groups in total. The fourth-order valence-electron chi connectivity index (χ4n) is 1.91. The van der Waals surface area contributed by atoms with Crippen molar-refractivity contribution in [2.45, 2.75) is 6.04 Å². The van der Waals surface area contributed by atoms with E-state index in [0.717, 1.165) is 0 Å². The monoisotopic (exact) mass is 370 g/mol. The summed E-state index contributed by atoms with van der Waals surface area (Å²) in [6.45, 7) is -1.02. The van der Waals surface area contributed by atoms with Crippen LogP contribution in [0.1, 0.15) is 20.7 Å². The molecule has 1 aliphatic rings. The highest BCUT2D eigenvalue weighted by atomic mass is 35.5. The molecule has 1 aliphatic heterocycles. The molecule has 2 amide bonds. The van der Waals surface area contributed by atoms with Gasteiger partial charge >= 0.3 is 0 Å². The molecule has 10 heteroatoms. The zero-order valence-corrected chi connectivity index (χ0v) is 12.8. The first kappa shape index (κ1) is 16.3. The maximum absolute atomic E-state index is 12.2. The van der Waals surface area contributed by atoms with Crippen LogP contribution in [0.2, 0.25) is 20.1 Å². The Balaban J connectivity index is 2.71. The van der Waals surface area contributed by atoms with Crippen LogP contribution in [0.4, 0.5) is 0 Å². The number of carbonyl (C=O) groups is 3. The second kappa shape index (κ2) is 5.62. The molecular formula is C11H4Cl4NO5-. The number of aliphatic hydroxyl groups excluding tert-OH is 1. The van der Waals surface area contributed by atoms with E-state index >= 15 is 0 Å². The average molecular weight is 372 g/mol. The van der Waals surface area contributed by atoms with Crippen LogP contribution in [0.25, 0.3) is 0 Å². The fourth-order valence-corrected chi connectivity index (χ4v) is 2.93. The minimum Gasteiger partial charge on any atom is -0.548 e. The molecule has 0 saturated heterocycles. The van der Waals surface area contributed by atoms with Crippen LogP contribution in [-0.4, -0.2) is 40.4 Å². The Bertz CT molecular complexity index is 643. The summed E-state index contributed by atoms with van der Waals surface area (Å²) >= 11 is 23.3. The van der Waals surface area contributed by atoms with E-state index < -0.39 is 30.4 Å². The Morgan fingerprint density at radius 3 is 1.67 bits per heavy atom. The molecule has 1 aromatic carbocycles. The van der Waals surface area contributed by atoms with Crippen LogP contribution >= 0.6 is 46.4 Å². The largest absolute Gasteiger partial charge is 0.548 e. The van der Waals surface area contributed by atoms with Crippen LogP contribution in [-0.2, 0) is 4.79 Å². The Morgan fingerprint density at radius 1 is 1.00 bits per heavy atom. The van der Waals surface area contributed by atoms with Gasteiger partial charge in [0.15, 0.2) is 0 Å². The van der Waals surface area contributed by atoms with Crippen molar-refractivity contribution in [2.24, 2.45) is 0 Å². The number of fused-ring (bicyclic) bond motifs is 1. The van der Waals surface area contributed by atoms with Gasteiger partial charge in [0.2, 0.25) is 0 Å².